The van der Waals surface area contributed by atoms with Gasteiger partial charge in [-0.3, -0.25) is 14.4 Å². The highest BCUT2D eigenvalue weighted by atomic mass is 32.1. The fraction of sp³-hybridized carbons (Fsp3) is 0.522. The van der Waals surface area contributed by atoms with Crippen LogP contribution in [0.5, 0.6) is 5.75 Å². The Hall–Kier alpha value is -3.01. The molecule has 1 aromatic heterocycles. The van der Waals surface area contributed by atoms with Gasteiger partial charge in [-0.15, -0.1) is 10.2 Å². The van der Waals surface area contributed by atoms with Gasteiger partial charge in [0.2, 0.25) is 15.9 Å². The summed E-state index contributed by atoms with van der Waals surface area (Å²) in [5.41, 5.74) is 0.591. The van der Waals surface area contributed by atoms with Crippen molar-refractivity contribution in [2.75, 3.05) is 38.6 Å². The second kappa shape index (κ2) is 10.3. The molecule has 2 fully saturated rings. The fourth-order valence-corrected chi connectivity index (χ4v) is 4.95. The van der Waals surface area contributed by atoms with E-state index in [2.05, 4.69) is 22.4 Å². The normalized spacial score (nSPS) is 19.3. The van der Waals surface area contributed by atoms with Crippen molar-refractivity contribution in [3.63, 3.8) is 0 Å². The average Bonchev–Trinajstić information content (AvgIpc) is 3.35. The lowest BCUT2D eigenvalue weighted by Crippen LogP contribution is -2.48. The zero-order valence-electron chi connectivity index (χ0n) is 19.0. The lowest BCUT2D eigenvalue weighted by molar-refractivity contribution is -0.138. The van der Waals surface area contributed by atoms with E-state index in [0.29, 0.717) is 30.4 Å². The van der Waals surface area contributed by atoms with E-state index in [0.717, 1.165) is 50.1 Å². The maximum atomic E-state index is 13.0. The second-order valence-electron chi connectivity index (χ2n) is 8.69. The van der Waals surface area contributed by atoms with E-state index in [-0.39, 0.29) is 27.7 Å². The molecule has 4 rings (SSSR count). The van der Waals surface area contributed by atoms with Crippen LogP contribution >= 0.6 is 11.3 Å². The summed E-state index contributed by atoms with van der Waals surface area (Å²) in [5, 5.41) is 10.9. The molecule has 2 aromatic rings. The Morgan fingerprint density at radius 2 is 1.70 bits per heavy atom. The van der Waals surface area contributed by atoms with Crippen molar-refractivity contribution in [3.05, 3.63) is 34.3 Å². The quantitative estimate of drug-likeness (QED) is 0.719. The molecule has 9 nitrogen and oxygen atoms in total. The molecule has 176 valence electrons. The number of carbonyl (C=O) groups is 3. The molecule has 0 aliphatic carbocycles. The van der Waals surface area contributed by atoms with E-state index < -0.39 is 5.91 Å². The van der Waals surface area contributed by atoms with E-state index >= 15 is 0 Å². The number of methoxy groups -OCH3 is 1. The van der Waals surface area contributed by atoms with Gasteiger partial charge in [-0.1, -0.05) is 18.3 Å². The number of aromatic nitrogens is 2. The molecular formula is C23H29N5O4S. The number of hydrogen-bond acceptors (Lipinski definition) is 7. The summed E-state index contributed by atoms with van der Waals surface area (Å²) in [6.07, 6.45) is 3.64. The van der Waals surface area contributed by atoms with Crippen molar-refractivity contribution in [2.45, 2.75) is 32.6 Å². The van der Waals surface area contributed by atoms with Crippen molar-refractivity contribution in [1.82, 2.24) is 20.0 Å². The van der Waals surface area contributed by atoms with Crippen LogP contribution in [0.25, 0.3) is 0 Å². The highest BCUT2D eigenvalue weighted by molar-refractivity contribution is 7.15. The molecule has 1 N–H and O–H groups in total. The maximum absolute atomic E-state index is 13.0. The van der Waals surface area contributed by atoms with E-state index in [9.17, 15) is 14.4 Å². The number of anilines is 1. The molecule has 1 aromatic carbocycles. The van der Waals surface area contributed by atoms with Gasteiger partial charge in [-0.05, 0) is 55.9 Å². The standard InChI is InChI=1S/C23H29N5O4S/c1-15-9-12-27(13-10-15)22(30)16-4-3-11-28(14-16)23(31)21-26-25-20(33-21)19(29)24-17-5-7-18(32-2)8-6-17/h5-8,15-16H,3-4,9-14H2,1-2H3,(H,24,29). The number of nitrogens with one attached hydrogen (secondary N) is 1. The molecule has 10 heteroatoms. The first-order valence-corrected chi connectivity index (χ1v) is 12.1. The smallest absolute Gasteiger partial charge is 0.286 e. The first-order chi connectivity index (χ1) is 15.9. The van der Waals surface area contributed by atoms with Gasteiger partial charge in [0, 0.05) is 31.9 Å². The molecule has 3 amide bonds. The number of rotatable bonds is 5. The Balaban J connectivity index is 1.35. The van der Waals surface area contributed by atoms with Crippen LogP contribution in [0.1, 0.15) is 52.2 Å². The first kappa shape index (κ1) is 23.2. The predicted octanol–water partition coefficient (Wildman–Crippen LogP) is 2.91. The third kappa shape index (κ3) is 5.50. The SMILES string of the molecule is COc1ccc(NC(=O)c2nnc(C(=O)N3CCCC(C(=O)N4CCC(C)CC4)C3)s2)cc1. The molecule has 1 atom stereocenters. The lowest BCUT2D eigenvalue weighted by atomic mass is 9.93. The molecule has 3 heterocycles. The fourth-order valence-electron chi connectivity index (χ4n) is 4.25. The lowest BCUT2D eigenvalue weighted by Gasteiger charge is -2.37. The average molecular weight is 472 g/mol. The number of carbonyl (C=O) groups excluding carboxylic acids is 3. The summed E-state index contributed by atoms with van der Waals surface area (Å²) in [5.74, 6) is 0.610. The van der Waals surface area contributed by atoms with Crippen LogP contribution in [0, 0.1) is 11.8 Å². The Kier molecular flexibility index (Phi) is 7.22. The number of amides is 3. The zero-order chi connectivity index (χ0) is 23.4. The van der Waals surface area contributed by atoms with Crippen LogP contribution in [-0.2, 0) is 4.79 Å². The van der Waals surface area contributed by atoms with E-state index in [4.69, 9.17) is 4.74 Å². The van der Waals surface area contributed by atoms with E-state index in [1.165, 1.54) is 0 Å². The highest BCUT2D eigenvalue weighted by Gasteiger charge is 2.33. The van der Waals surface area contributed by atoms with Crippen LogP contribution in [0.4, 0.5) is 5.69 Å². The number of likely N-dealkylation sites (tertiary alicyclic amines) is 2. The Morgan fingerprint density at radius 3 is 2.39 bits per heavy atom. The van der Waals surface area contributed by atoms with Crippen molar-refractivity contribution < 1.29 is 19.1 Å². The summed E-state index contributed by atoms with van der Waals surface area (Å²) in [4.78, 5) is 42.1. The number of ether oxygens (including phenoxy) is 1. The van der Waals surface area contributed by atoms with Crippen LogP contribution in [0.15, 0.2) is 24.3 Å². The number of hydrogen-bond donors (Lipinski definition) is 1. The molecule has 33 heavy (non-hydrogen) atoms. The van der Waals surface area contributed by atoms with Gasteiger partial charge in [-0.2, -0.15) is 0 Å². The Labute approximate surface area is 197 Å². The van der Waals surface area contributed by atoms with Gasteiger partial charge >= 0.3 is 0 Å². The van der Waals surface area contributed by atoms with Crippen molar-refractivity contribution >= 4 is 34.7 Å². The van der Waals surface area contributed by atoms with Gasteiger partial charge in [0.15, 0.2) is 0 Å². The molecule has 0 saturated carbocycles. The summed E-state index contributed by atoms with van der Waals surface area (Å²) < 4.78 is 5.11. The van der Waals surface area contributed by atoms with Crippen LogP contribution in [-0.4, -0.2) is 71.0 Å². The number of piperidine rings is 2. The number of nitrogens with zero attached hydrogens (tertiary/aromatic N) is 4. The van der Waals surface area contributed by atoms with Gasteiger partial charge in [0.25, 0.3) is 11.8 Å². The first-order valence-electron chi connectivity index (χ1n) is 11.3. The Bertz CT molecular complexity index is 1000. The maximum Gasteiger partial charge on any atom is 0.286 e. The number of benzene rings is 1. The highest BCUT2D eigenvalue weighted by Crippen LogP contribution is 2.25. The van der Waals surface area contributed by atoms with Crippen LogP contribution in [0.3, 0.4) is 0 Å². The summed E-state index contributed by atoms with van der Waals surface area (Å²) in [7, 11) is 1.57. The molecule has 0 radical (unpaired) electrons. The second-order valence-corrected chi connectivity index (χ2v) is 9.67. The minimum atomic E-state index is -0.428. The molecule has 2 aliphatic heterocycles. The molecule has 2 aliphatic rings. The summed E-state index contributed by atoms with van der Waals surface area (Å²) in [6.45, 7) is 4.78. The van der Waals surface area contributed by atoms with Crippen molar-refractivity contribution in [3.8, 4) is 5.75 Å². The summed E-state index contributed by atoms with van der Waals surface area (Å²) in [6, 6.07) is 6.92. The predicted molar refractivity (Wildman–Crippen MR) is 124 cm³/mol. The van der Waals surface area contributed by atoms with Crippen molar-refractivity contribution in [2.24, 2.45) is 11.8 Å². The third-order valence-electron chi connectivity index (χ3n) is 6.30. The third-order valence-corrected chi connectivity index (χ3v) is 7.21. The largest absolute Gasteiger partial charge is 0.497 e. The zero-order valence-corrected chi connectivity index (χ0v) is 19.8. The van der Waals surface area contributed by atoms with E-state index in [1.54, 1.807) is 36.3 Å². The molecule has 0 spiro atoms. The minimum absolute atomic E-state index is 0.112. The molecule has 2 saturated heterocycles. The van der Waals surface area contributed by atoms with Gasteiger partial charge in [0.1, 0.15) is 5.75 Å². The van der Waals surface area contributed by atoms with Crippen molar-refractivity contribution in [1.29, 1.82) is 0 Å². The van der Waals surface area contributed by atoms with Crippen LogP contribution < -0.4 is 10.1 Å². The molecule has 1 unspecified atom stereocenters. The van der Waals surface area contributed by atoms with Gasteiger partial charge in [0.05, 0.1) is 13.0 Å². The minimum Gasteiger partial charge on any atom is -0.497 e. The molecule has 0 bridgehead atoms. The topological polar surface area (TPSA) is 105 Å². The van der Waals surface area contributed by atoms with Gasteiger partial charge < -0.3 is 19.9 Å². The van der Waals surface area contributed by atoms with Crippen LogP contribution in [0.2, 0.25) is 0 Å². The molecular weight excluding hydrogens is 442 g/mol. The van der Waals surface area contributed by atoms with Gasteiger partial charge in [-0.25, -0.2) is 0 Å². The Morgan fingerprint density at radius 1 is 1.00 bits per heavy atom. The van der Waals surface area contributed by atoms with E-state index in [1.807, 2.05) is 4.90 Å². The monoisotopic (exact) mass is 471 g/mol. The summed E-state index contributed by atoms with van der Waals surface area (Å²) >= 11 is 0.962.